The second-order valence-corrected chi connectivity index (χ2v) is 7.64. The van der Waals surface area contributed by atoms with E-state index in [0.29, 0.717) is 17.0 Å². The number of rotatable bonds is 4. The van der Waals surface area contributed by atoms with Gasteiger partial charge in [0.05, 0.1) is 23.3 Å². The molecule has 0 saturated carbocycles. The highest BCUT2D eigenvalue weighted by molar-refractivity contribution is 7.93. The van der Waals surface area contributed by atoms with E-state index in [0.717, 1.165) is 9.87 Å². The molecule has 0 saturated heterocycles. The molecule has 0 fully saturated rings. The Morgan fingerprint density at radius 1 is 0.852 bits per heavy atom. The van der Waals surface area contributed by atoms with Crippen molar-refractivity contribution in [2.45, 2.75) is 11.8 Å². The molecule has 0 heterocycles. The topological polar surface area (TPSA) is 46.6 Å². The number of hydrogen-bond donors (Lipinski definition) is 0. The average molecular weight is 377 g/mol. The molecule has 0 aliphatic carbocycles. The van der Waals surface area contributed by atoms with Gasteiger partial charge >= 0.3 is 0 Å². The number of aryl methyl sites for hydroxylation is 1. The minimum atomic E-state index is -3.84. The predicted molar refractivity (Wildman–Crippen MR) is 107 cm³/mol. The van der Waals surface area contributed by atoms with Gasteiger partial charge in [0.25, 0.3) is 10.0 Å². The molecule has 3 aromatic carbocycles. The number of ether oxygens (including phenoxy) is 1. The van der Waals surface area contributed by atoms with Gasteiger partial charge < -0.3 is 4.74 Å². The van der Waals surface area contributed by atoms with Gasteiger partial charge in [0.1, 0.15) is 5.75 Å². The summed E-state index contributed by atoms with van der Waals surface area (Å²) in [7, 11) is -2.29. The highest BCUT2D eigenvalue weighted by Crippen LogP contribution is 2.23. The van der Waals surface area contributed by atoms with Crippen molar-refractivity contribution in [1.82, 2.24) is 0 Å². The summed E-state index contributed by atoms with van der Waals surface area (Å²) in [4.78, 5) is 0.186. The molecule has 0 atom stereocenters. The summed E-state index contributed by atoms with van der Waals surface area (Å²) in [6, 6.07) is 25.5. The summed E-state index contributed by atoms with van der Waals surface area (Å²) in [6.45, 7) is 1.91. The maximum Gasteiger partial charge on any atom is 0.275 e. The van der Waals surface area contributed by atoms with Gasteiger partial charge in [-0.05, 0) is 49.2 Å². The van der Waals surface area contributed by atoms with Crippen LogP contribution in [0.2, 0.25) is 0 Å². The van der Waals surface area contributed by atoms with Crippen molar-refractivity contribution in [1.29, 1.82) is 0 Å². The average Bonchev–Trinajstić information content (AvgIpc) is 2.69. The van der Waals surface area contributed by atoms with Crippen molar-refractivity contribution in [3.63, 3.8) is 0 Å². The quantitative estimate of drug-likeness (QED) is 0.505. The molecular weight excluding hydrogens is 358 g/mol. The van der Waals surface area contributed by atoms with Crippen LogP contribution in [-0.4, -0.2) is 15.5 Å². The molecule has 0 radical (unpaired) electrons. The molecule has 0 aromatic heterocycles. The number of benzene rings is 3. The zero-order valence-corrected chi connectivity index (χ0v) is 15.9. The fourth-order valence-corrected chi connectivity index (χ4v) is 3.76. The van der Waals surface area contributed by atoms with E-state index in [9.17, 15) is 8.42 Å². The van der Waals surface area contributed by atoms with E-state index in [2.05, 4.69) is 12.0 Å². The van der Waals surface area contributed by atoms with E-state index in [1.54, 1.807) is 67.8 Å². The lowest BCUT2D eigenvalue weighted by molar-refractivity contribution is 0.413. The number of methoxy groups -OCH3 is 1. The van der Waals surface area contributed by atoms with E-state index in [1.165, 1.54) is 0 Å². The van der Waals surface area contributed by atoms with Gasteiger partial charge in [-0.3, -0.25) is 0 Å². The van der Waals surface area contributed by atoms with Crippen LogP contribution in [-0.2, 0) is 10.0 Å². The summed E-state index contributed by atoms with van der Waals surface area (Å²) in [5.74, 6) is 3.51. The highest BCUT2D eigenvalue weighted by atomic mass is 32.2. The summed E-state index contributed by atoms with van der Waals surface area (Å²) >= 11 is 0. The molecule has 0 unspecified atom stereocenters. The summed E-state index contributed by atoms with van der Waals surface area (Å²) in [5, 5.41) is 0. The Kier molecular flexibility index (Phi) is 5.49. The molecule has 3 rings (SSSR count). The summed E-state index contributed by atoms with van der Waals surface area (Å²) in [6.07, 6.45) is 0. The van der Waals surface area contributed by atoms with Crippen LogP contribution in [0.3, 0.4) is 0 Å². The molecule has 3 aromatic rings. The predicted octanol–water partition coefficient (Wildman–Crippen LogP) is 4.21. The van der Waals surface area contributed by atoms with Crippen molar-refractivity contribution in [3.8, 4) is 17.7 Å². The van der Waals surface area contributed by atoms with Gasteiger partial charge in [-0.25, -0.2) is 8.42 Å². The lowest BCUT2D eigenvalue weighted by atomic mass is 10.2. The first kappa shape index (κ1) is 18.6. The number of para-hydroxylation sites is 2. The Hall–Kier alpha value is -3.23. The van der Waals surface area contributed by atoms with E-state index in [4.69, 9.17) is 4.74 Å². The highest BCUT2D eigenvalue weighted by Gasteiger charge is 2.23. The molecule has 0 spiro atoms. The largest absolute Gasteiger partial charge is 0.495 e. The second kappa shape index (κ2) is 7.98. The fourth-order valence-electron chi connectivity index (χ4n) is 2.50. The maximum absolute atomic E-state index is 13.2. The van der Waals surface area contributed by atoms with Gasteiger partial charge in [0.15, 0.2) is 0 Å². The van der Waals surface area contributed by atoms with Gasteiger partial charge in [0, 0.05) is 6.04 Å². The van der Waals surface area contributed by atoms with Crippen LogP contribution in [0.25, 0.3) is 0 Å². The van der Waals surface area contributed by atoms with Crippen LogP contribution < -0.4 is 9.04 Å². The zero-order valence-electron chi connectivity index (χ0n) is 15.1. The van der Waals surface area contributed by atoms with E-state index < -0.39 is 10.0 Å². The van der Waals surface area contributed by atoms with Crippen molar-refractivity contribution >= 4 is 15.7 Å². The van der Waals surface area contributed by atoms with Crippen LogP contribution in [0.15, 0.2) is 83.8 Å². The molecule has 0 amide bonds. The Balaban J connectivity index is 2.11. The van der Waals surface area contributed by atoms with Crippen molar-refractivity contribution in [2.75, 3.05) is 11.4 Å². The van der Waals surface area contributed by atoms with Gasteiger partial charge in [-0.2, -0.15) is 4.31 Å². The van der Waals surface area contributed by atoms with Gasteiger partial charge in [-0.1, -0.05) is 48.0 Å². The molecule has 0 bridgehead atoms. The molecule has 5 heteroatoms. The smallest absolute Gasteiger partial charge is 0.275 e. The van der Waals surface area contributed by atoms with Crippen LogP contribution >= 0.6 is 0 Å². The Bertz CT molecular complexity index is 1080. The Morgan fingerprint density at radius 2 is 1.48 bits per heavy atom. The molecular formula is C22H19NO3S. The fraction of sp³-hybridized carbons (Fsp3) is 0.0909. The second-order valence-electron chi connectivity index (χ2n) is 5.86. The van der Waals surface area contributed by atoms with Crippen molar-refractivity contribution in [3.05, 3.63) is 90.0 Å². The molecule has 27 heavy (non-hydrogen) atoms. The SMILES string of the molecule is COc1ccccc1C#CN(c1ccccc1)S(=O)(=O)c1ccc(C)cc1. The van der Waals surface area contributed by atoms with Gasteiger partial charge in [-0.15, -0.1) is 0 Å². The summed E-state index contributed by atoms with van der Waals surface area (Å²) < 4.78 is 32.8. The van der Waals surface area contributed by atoms with Crippen LogP contribution in [0.1, 0.15) is 11.1 Å². The maximum atomic E-state index is 13.2. The number of nitrogens with zero attached hydrogens (tertiary/aromatic N) is 1. The number of anilines is 1. The minimum absolute atomic E-state index is 0.186. The third-order valence-electron chi connectivity index (χ3n) is 3.95. The minimum Gasteiger partial charge on any atom is -0.495 e. The van der Waals surface area contributed by atoms with E-state index in [1.807, 2.05) is 25.1 Å². The summed E-state index contributed by atoms with van der Waals surface area (Å²) in [5.41, 5.74) is 2.07. The molecule has 136 valence electrons. The van der Waals surface area contributed by atoms with Crippen LogP contribution in [0, 0.1) is 18.9 Å². The molecule has 0 aliphatic rings. The standard InChI is InChI=1S/C22H19NO3S/c1-18-12-14-21(15-13-18)27(24,25)23(20-9-4-3-5-10-20)17-16-19-8-6-7-11-22(19)26-2/h3-15H,1-2H3. The normalized spacial score (nSPS) is 10.6. The third kappa shape index (κ3) is 4.13. The first-order valence-corrected chi connectivity index (χ1v) is 9.78. The van der Waals surface area contributed by atoms with E-state index in [-0.39, 0.29) is 4.90 Å². The Morgan fingerprint density at radius 3 is 2.15 bits per heavy atom. The van der Waals surface area contributed by atoms with E-state index >= 15 is 0 Å². The molecule has 0 aliphatic heterocycles. The lowest BCUT2D eigenvalue weighted by Gasteiger charge is -2.18. The first-order valence-electron chi connectivity index (χ1n) is 8.34. The van der Waals surface area contributed by atoms with Gasteiger partial charge in [0.2, 0.25) is 0 Å². The lowest BCUT2D eigenvalue weighted by Crippen LogP contribution is -2.26. The first-order chi connectivity index (χ1) is 13.0. The molecule has 4 nitrogen and oxygen atoms in total. The number of sulfonamides is 1. The van der Waals surface area contributed by atoms with Crippen molar-refractivity contribution in [2.24, 2.45) is 0 Å². The third-order valence-corrected chi connectivity index (χ3v) is 5.60. The molecule has 0 N–H and O–H groups in total. The van der Waals surface area contributed by atoms with Crippen LogP contribution in [0.5, 0.6) is 5.75 Å². The monoisotopic (exact) mass is 377 g/mol. The zero-order chi connectivity index (χ0) is 19.3. The van der Waals surface area contributed by atoms with Crippen molar-refractivity contribution < 1.29 is 13.2 Å². The Labute approximate surface area is 160 Å². The van der Waals surface area contributed by atoms with Crippen LogP contribution in [0.4, 0.5) is 5.69 Å². The number of hydrogen-bond acceptors (Lipinski definition) is 3.